The molecule has 0 amide bonds. The van der Waals surface area contributed by atoms with E-state index in [1.165, 1.54) is 47.8 Å². The van der Waals surface area contributed by atoms with Crippen molar-refractivity contribution in [3.63, 3.8) is 0 Å². The first-order valence-electron chi connectivity index (χ1n) is 16.9. The molecule has 3 nitrogen and oxygen atoms in total. The maximum absolute atomic E-state index is 4.89. The van der Waals surface area contributed by atoms with Gasteiger partial charge in [-0.05, 0) is 46.8 Å². The van der Waals surface area contributed by atoms with Gasteiger partial charge in [-0.15, -0.1) is 46.9 Å². The van der Waals surface area contributed by atoms with Crippen LogP contribution < -0.4 is 5.32 Å². The summed E-state index contributed by atoms with van der Waals surface area (Å²) in [5.41, 5.74) is 7.94. The van der Waals surface area contributed by atoms with Crippen LogP contribution in [0, 0.1) is 24.9 Å². The molecule has 0 aliphatic carbocycles. The minimum atomic E-state index is 0. The van der Waals surface area contributed by atoms with Gasteiger partial charge in [0.2, 0.25) is 0 Å². The van der Waals surface area contributed by atoms with E-state index >= 15 is 0 Å². The number of pyridine rings is 1. The monoisotopic (exact) mass is 841 g/mol. The third-order valence-corrected chi connectivity index (χ3v) is 10.0. The van der Waals surface area contributed by atoms with Crippen molar-refractivity contribution < 1.29 is 20.1 Å². The van der Waals surface area contributed by atoms with Crippen molar-refractivity contribution in [1.82, 2.24) is 10.3 Å². The molecular formula is C44H46IrN3S. The Morgan fingerprint density at radius 2 is 1.59 bits per heavy atom. The zero-order valence-electron chi connectivity index (χ0n) is 29.6. The predicted molar refractivity (Wildman–Crippen MR) is 209 cm³/mol. The molecule has 0 spiro atoms. The van der Waals surface area contributed by atoms with E-state index in [1.807, 2.05) is 54.6 Å². The molecule has 1 N–H and O–H groups in total. The number of nitrogens with one attached hydrogen (secondary N) is 1. The molecule has 0 bridgehead atoms. The standard InChI is InChI=1S/C31H32NS.C13H14N2.Ir/c1-19-21(18-30(2,3)4)12-13-24-25-14-15-32-27(29(25)33-28(19)24)22-16-20-10-8-9-11-23(20)26(17-22)31(5,6)7;1-2-6-12(7-3-1)9-11-15-13-8-4-5-10-14-13;/h8-15,17H,18H2,1-7H3;1-8,10-11,13,15H,9H2;/q-1;-2;+3. The molecule has 1 unspecified atom stereocenters. The van der Waals surface area contributed by atoms with Crippen LogP contribution in [0.5, 0.6) is 0 Å². The topological polar surface area (TPSA) is 39.0 Å². The number of rotatable bonds is 6. The summed E-state index contributed by atoms with van der Waals surface area (Å²) in [6.45, 7) is 18.1. The van der Waals surface area contributed by atoms with E-state index in [0.29, 0.717) is 0 Å². The number of aromatic nitrogens is 1. The Balaban J connectivity index is 0.000000246. The Morgan fingerprint density at radius 1 is 0.857 bits per heavy atom. The van der Waals surface area contributed by atoms with E-state index in [2.05, 4.69) is 138 Å². The van der Waals surface area contributed by atoms with E-state index < -0.39 is 0 Å². The molecule has 3 heterocycles. The van der Waals surface area contributed by atoms with Crippen LogP contribution >= 0.6 is 11.3 Å². The van der Waals surface area contributed by atoms with E-state index in [-0.39, 0.29) is 37.1 Å². The summed E-state index contributed by atoms with van der Waals surface area (Å²) in [7, 11) is 0. The maximum Gasteiger partial charge on any atom is 3.00 e. The van der Waals surface area contributed by atoms with Crippen LogP contribution in [0.3, 0.4) is 0 Å². The van der Waals surface area contributed by atoms with Crippen molar-refractivity contribution in [1.29, 1.82) is 0 Å². The molecular weight excluding hydrogens is 795 g/mol. The summed E-state index contributed by atoms with van der Waals surface area (Å²) in [4.78, 5) is 4.89. The van der Waals surface area contributed by atoms with Crippen molar-refractivity contribution in [2.24, 2.45) is 5.41 Å². The van der Waals surface area contributed by atoms with Crippen LogP contribution in [0.1, 0.15) is 63.8 Å². The second-order valence-corrected chi connectivity index (χ2v) is 15.9. The first-order chi connectivity index (χ1) is 23.0. The number of thiophene rings is 1. The smallest absolute Gasteiger partial charge is 0.675 e. The molecule has 0 saturated heterocycles. The third kappa shape index (κ3) is 8.77. The average molecular weight is 841 g/mol. The molecule has 1 aliphatic rings. The molecule has 7 rings (SSSR count). The van der Waals surface area contributed by atoms with E-state index in [9.17, 15) is 0 Å². The fourth-order valence-corrected chi connectivity index (χ4v) is 7.62. The number of allylic oxidation sites excluding steroid dienone is 2. The van der Waals surface area contributed by atoms with Crippen LogP contribution in [-0.4, -0.2) is 11.1 Å². The van der Waals surface area contributed by atoms with E-state index in [1.54, 1.807) is 0 Å². The minimum Gasteiger partial charge on any atom is -0.675 e. The first-order valence-corrected chi connectivity index (χ1v) is 17.7. The van der Waals surface area contributed by atoms with E-state index in [0.717, 1.165) is 29.5 Å². The van der Waals surface area contributed by atoms with Gasteiger partial charge in [-0.3, -0.25) is 11.5 Å². The summed E-state index contributed by atoms with van der Waals surface area (Å²) >= 11 is 1.89. The third-order valence-electron chi connectivity index (χ3n) is 8.68. The van der Waals surface area contributed by atoms with Crippen molar-refractivity contribution >= 4 is 42.3 Å². The van der Waals surface area contributed by atoms with Crippen LogP contribution in [0.25, 0.3) is 47.5 Å². The second kappa shape index (κ2) is 15.5. The van der Waals surface area contributed by atoms with Gasteiger partial charge in [0.05, 0.1) is 0 Å². The van der Waals surface area contributed by atoms with Crippen LogP contribution in [-0.2, 0) is 38.4 Å². The van der Waals surface area contributed by atoms with Crippen LogP contribution in [0.15, 0.2) is 109 Å². The van der Waals surface area contributed by atoms with Crippen molar-refractivity contribution in [3.05, 3.63) is 150 Å². The van der Waals surface area contributed by atoms with Crippen molar-refractivity contribution in [3.8, 4) is 11.3 Å². The van der Waals surface area contributed by atoms with Crippen molar-refractivity contribution in [2.45, 2.75) is 72.9 Å². The number of nitrogens with zero attached hydrogens (tertiary/aromatic N) is 2. The summed E-state index contributed by atoms with van der Waals surface area (Å²) in [5, 5.41) is 12.6. The number of aryl methyl sites for hydroxylation is 1. The van der Waals surface area contributed by atoms with Crippen LogP contribution in [0.4, 0.5) is 0 Å². The molecule has 252 valence electrons. The quantitative estimate of drug-likeness (QED) is 0.170. The number of hydrogen-bond donors (Lipinski definition) is 1. The fourth-order valence-electron chi connectivity index (χ4n) is 6.30. The predicted octanol–water partition coefficient (Wildman–Crippen LogP) is 12.0. The summed E-state index contributed by atoms with van der Waals surface area (Å²) < 4.78 is 2.65. The molecule has 6 aromatic rings. The molecule has 0 saturated carbocycles. The summed E-state index contributed by atoms with van der Waals surface area (Å²) in [6.07, 6.45) is 11.8. The fraction of sp³-hybridized carbons (Fsp3) is 0.273. The molecule has 49 heavy (non-hydrogen) atoms. The first kappa shape index (κ1) is 36.7. The second-order valence-electron chi connectivity index (χ2n) is 14.9. The molecule has 0 fully saturated rings. The Kier molecular flexibility index (Phi) is 11.6. The zero-order chi connectivity index (χ0) is 33.9. The largest absolute Gasteiger partial charge is 3.00 e. The molecule has 0 radical (unpaired) electrons. The molecule has 5 heteroatoms. The Labute approximate surface area is 310 Å². The molecule has 4 aromatic carbocycles. The van der Waals surface area contributed by atoms with Gasteiger partial charge in [0, 0.05) is 26.7 Å². The Hall–Kier alpha value is -3.60. The molecule has 1 atom stereocenters. The molecule has 1 aliphatic heterocycles. The van der Waals surface area contributed by atoms with Gasteiger partial charge < -0.3 is 10.6 Å². The zero-order valence-corrected chi connectivity index (χ0v) is 32.8. The van der Waals surface area contributed by atoms with Gasteiger partial charge in [-0.1, -0.05) is 143 Å². The summed E-state index contributed by atoms with van der Waals surface area (Å²) in [5.74, 6) is 0. The van der Waals surface area contributed by atoms with Crippen molar-refractivity contribution in [2.75, 3.05) is 0 Å². The SMILES string of the molecule is C1=C[N-]C(N[CH-]Cc2ccccc2)C=C1.Cc1c(CC(C)(C)C)ccc2c1sc1c(-c3[c-]c4ccccc4c(C(C)(C)C)c3)nccc12.[Ir+3]. The van der Waals surface area contributed by atoms with Gasteiger partial charge in [0.1, 0.15) is 0 Å². The van der Waals surface area contributed by atoms with Gasteiger partial charge in [0.25, 0.3) is 0 Å². The van der Waals surface area contributed by atoms with Gasteiger partial charge in [0.15, 0.2) is 0 Å². The number of benzene rings is 4. The van der Waals surface area contributed by atoms with E-state index in [4.69, 9.17) is 4.98 Å². The minimum absolute atomic E-state index is 0. The normalized spacial score (nSPS) is 14.4. The summed E-state index contributed by atoms with van der Waals surface area (Å²) in [6, 6.07) is 31.8. The molecule has 2 aromatic heterocycles. The van der Waals surface area contributed by atoms with Gasteiger partial charge >= 0.3 is 20.1 Å². The Morgan fingerprint density at radius 3 is 2.31 bits per heavy atom. The number of hydrogen-bond acceptors (Lipinski definition) is 3. The Bertz CT molecular complexity index is 2100. The average Bonchev–Trinajstić information content (AvgIpc) is 3.46. The van der Waals surface area contributed by atoms with Gasteiger partial charge in [-0.25, -0.2) is 0 Å². The van der Waals surface area contributed by atoms with Gasteiger partial charge in [-0.2, -0.15) is 6.20 Å². The number of fused-ring (bicyclic) bond motifs is 4. The van der Waals surface area contributed by atoms with Crippen LogP contribution in [0.2, 0.25) is 0 Å². The maximum atomic E-state index is 4.89.